The lowest BCUT2D eigenvalue weighted by Gasteiger charge is -2.15. The molecule has 1 rings (SSSR count). The number of alkyl halides is 1. The SMILES string of the molecule is COc1ccc([C@@H](O)[C@@H](Cl)S(C)(=O)=O)cc1. The highest BCUT2D eigenvalue weighted by molar-refractivity contribution is 7.92. The van der Waals surface area contributed by atoms with Gasteiger partial charge in [0.05, 0.1) is 7.11 Å². The third kappa shape index (κ3) is 3.10. The Morgan fingerprint density at radius 1 is 1.31 bits per heavy atom. The van der Waals surface area contributed by atoms with E-state index < -0.39 is 20.7 Å². The van der Waals surface area contributed by atoms with E-state index in [4.69, 9.17) is 16.3 Å². The maximum Gasteiger partial charge on any atom is 0.167 e. The zero-order valence-electron chi connectivity index (χ0n) is 8.92. The molecule has 90 valence electrons. The van der Waals surface area contributed by atoms with Crippen LogP contribution >= 0.6 is 11.6 Å². The second kappa shape index (κ2) is 5.03. The molecule has 2 atom stereocenters. The first-order chi connectivity index (χ1) is 7.36. The summed E-state index contributed by atoms with van der Waals surface area (Å²) >= 11 is 5.65. The van der Waals surface area contributed by atoms with Gasteiger partial charge in [-0.1, -0.05) is 12.1 Å². The van der Waals surface area contributed by atoms with Crippen LogP contribution in [0.25, 0.3) is 0 Å². The van der Waals surface area contributed by atoms with E-state index in [0.29, 0.717) is 11.3 Å². The Balaban J connectivity index is 2.92. The van der Waals surface area contributed by atoms with Gasteiger partial charge in [-0.05, 0) is 17.7 Å². The first kappa shape index (κ1) is 13.3. The summed E-state index contributed by atoms with van der Waals surface area (Å²) < 4.78 is 25.9. The van der Waals surface area contributed by atoms with Gasteiger partial charge in [-0.25, -0.2) is 8.42 Å². The van der Waals surface area contributed by atoms with Gasteiger partial charge in [0.2, 0.25) is 0 Å². The van der Waals surface area contributed by atoms with E-state index in [2.05, 4.69) is 0 Å². The zero-order chi connectivity index (χ0) is 12.3. The fourth-order valence-corrected chi connectivity index (χ4v) is 1.96. The monoisotopic (exact) mass is 264 g/mol. The second-order valence-corrected chi connectivity index (χ2v) is 6.29. The van der Waals surface area contributed by atoms with E-state index in [1.165, 1.54) is 7.11 Å². The summed E-state index contributed by atoms with van der Waals surface area (Å²) in [5, 5.41) is 9.74. The number of hydrogen-bond donors (Lipinski definition) is 1. The zero-order valence-corrected chi connectivity index (χ0v) is 10.5. The summed E-state index contributed by atoms with van der Waals surface area (Å²) in [6.45, 7) is 0. The Labute approximate surface area is 99.7 Å². The molecule has 0 heterocycles. The van der Waals surface area contributed by atoms with E-state index in [0.717, 1.165) is 6.26 Å². The van der Waals surface area contributed by atoms with Gasteiger partial charge >= 0.3 is 0 Å². The summed E-state index contributed by atoms with van der Waals surface area (Å²) in [5.41, 5.74) is 0.436. The van der Waals surface area contributed by atoms with Crippen molar-refractivity contribution in [2.75, 3.05) is 13.4 Å². The minimum Gasteiger partial charge on any atom is -0.497 e. The molecular formula is C10H13ClO4S. The molecule has 1 aromatic carbocycles. The molecule has 0 aromatic heterocycles. The average Bonchev–Trinajstić information content (AvgIpc) is 2.26. The lowest BCUT2D eigenvalue weighted by molar-refractivity contribution is 0.192. The summed E-state index contributed by atoms with van der Waals surface area (Å²) in [6.07, 6.45) is -0.264. The highest BCUT2D eigenvalue weighted by atomic mass is 35.5. The molecule has 0 saturated carbocycles. The molecule has 1 N–H and O–H groups in total. The van der Waals surface area contributed by atoms with Gasteiger partial charge < -0.3 is 9.84 Å². The molecule has 0 aliphatic rings. The highest BCUT2D eigenvalue weighted by Crippen LogP contribution is 2.26. The van der Waals surface area contributed by atoms with Gasteiger partial charge in [-0.3, -0.25) is 0 Å². The van der Waals surface area contributed by atoms with Gasteiger partial charge in [-0.2, -0.15) is 0 Å². The smallest absolute Gasteiger partial charge is 0.167 e. The predicted molar refractivity (Wildman–Crippen MR) is 62.4 cm³/mol. The normalized spacial score (nSPS) is 15.5. The highest BCUT2D eigenvalue weighted by Gasteiger charge is 2.27. The summed E-state index contributed by atoms with van der Waals surface area (Å²) in [5.74, 6) is 0.626. The van der Waals surface area contributed by atoms with Gasteiger partial charge in [-0.15, -0.1) is 11.6 Å². The molecule has 0 spiro atoms. The Morgan fingerprint density at radius 3 is 2.19 bits per heavy atom. The number of hydrogen-bond acceptors (Lipinski definition) is 4. The second-order valence-electron chi connectivity index (χ2n) is 3.40. The standard InChI is InChI=1S/C10H13ClO4S/c1-15-8-5-3-7(4-6-8)9(12)10(11)16(2,13)14/h3-6,9-10,12H,1-2H3/t9-,10+/m1/s1. The van der Waals surface area contributed by atoms with Crippen LogP contribution in [0.5, 0.6) is 5.75 Å². The van der Waals surface area contributed by atoms with Gasteiger partial charge in [0.25, 0.3) is 0 Å². The summed E-state index contributed by atoms with van der Waals surface area (Å²) in [4.78, 5) is 0. The van der Waals surface area contributed by atoms with Crippen molar-refractivity contribution >= 4 is 21.4 Å². The molecular weight excluding hydrogens is 252 g/mol. The topological polar surface area (TPSA) is 63.6 Å². The molecule has 1 aromatic rings. The van der Waals surface area contributed by atoms with Gasteiger partial charge in [0.15, 0.2) is 14.5 Å². The molecule has 0 fully saturated rings. The molecule has 0 bridgehead atoms. The minimum atomic E-state index is -3.48. The van der Waals surface area contributed by atoms with Crippen molar-refractivity contribution in [1.82, 2.24) is 0 Å². The molecule has 0 amide bonds. The first-order valence-electron chi connectivity index (χ1n) is 4.51. The van der Waals surface area contributed by atoms with Crippen LogP contribution in [0, 0.1) is 0 Å². The van der Waals surface area contributed by atoms with E-state index in [9.17, 15) is 13.5 Å². The van der Waals surface area contributed by atoms with Crippen molar-refractivity contribution in [3.63, 3.8) is 0 Å². The van der Waals surface area contributed by atoms with Crippen LogP contribution in [0.15, 0.2) is 24.3 Å². The Bertz CT molecular complexity index is 440. The maximum absolute atomic E-state index is 11.2. The van der Waals surface area contributed by atoms with E-state index in [1.54, 1.807) is 24.3 Å². The molecule has 16 heavy (non-hydrogen) atoms. The number of ether oxygens (including phenoxy) is 1. The number of benzene rings is 1. The molecule has 4 nitrogen and oxygen atoms in total. The van der Waals surface area contributed by atoms with E-state index in [-0.39, 0.29) is 0 Å². The fraction of sp³-hybridized carbons (Fsp3) is 0.400. The molecule has 0 saturated heterocycles. The number of sulfone groups is 1. The van der Waals surface area contributed by atoms with Gasteiger partial charge in [0.1, 0.15) is 11.9 Å². The maximum atomic E-state index is 11.2. The van der Waals surface area contributed by atoms with Crippen molar-refractivity contribution in [2.24, 2.45) is 0 Å². The van der Waals surface area contributed by atoms with E-state index >= 15 is 0 Å². The fourth-order valence-electron chi connectivity index (χ4n) is 1.19. The molecule has 0 aliphatic heterocycles. The van der Waals surface area contributed by atoms with Crippen molar-refractivity contribution in [3.05, 3.63) is 29.8 Å². The van der Waals surface area contributed by atoms with Crippen molar-refractivity contribution < 1.29 is 18.3 Å². The third-order valence-corrected chi connectivity index (χ3v) is 4.40. The average molecular weight is 265 g/mol. The predicted octanol–water partition coefficient (Wildman–Crippen LogP) is 1.34. The number of aliphatic hydroxyl groups excluding tert-OH is 1. The Hall–Kier alpha value is -0.780. The molecule has 0 unspecified atom stereocenters. The summed E-state index contributed by atoms with van der Waals surface area (Å²) in [6, 6.07) is 6.41. The summed E-state index contributed by atoms with van der Waals surface area (Å²) in [7, 11) is -1.96. The minimum absolute atomic E-state index is 0.436. The van der Waals surface area contributed by atoms with Crippen molar-refractivity contribution in [3.8, 4) is 5.75 Å². The van der Waals surface area contributed by atoms with Gasteiger partial charge in [0, 0.05) is 6.26 Å². The quantitative estimate of drug-likeness (QED) is 0.834. The van der Waals surface area contributed by atoms with Crippen molar-refractivity contribution in [2.45, 2.75) is 10.8 Å². The van der Waals surface area contributed by atoms with E-state index in [1.807, 2.05) is 0 Å². The largest absolute Gasteiger partial charge is 0.497 e. The van der Waals surface area contributed by atoms with Crippen LogP contribution in [0.2, 0.25) is 0 Å². The number of rotatable bonds is 4. The number of aliphatic hydroxyl groups is 1. The number of methoxy groups -OCH3 is 1. The van der Waals surface area contributed by atoms with Crippen molar-refractivity contribution in [1.29, 1.82) is 0 Å². The van der Waals surface area contributed by atoms with Crippen LogP contribution in [-0.2, 0) is 9.84 Å². The Kier molecular flexibility index (Phi) is 4.18. The van der Waals surface area contributed by atoms with Crippen LogP contribution < -0.4 is 4.74 Å². The van der Waals surface area contributed by atoms with Crippen LogP contribution in [0.4, 0.5) is 0 Å². The van der Waals surface area contributed by atoms with Crippen LogP contribution in [0.1, 0.15) is 11.7 Å². The lowest BCUT2D eigenvalue weighted by Crippen LogP contribution is -2.21. The third-order valence-electron chi connectivity index (χ3n) is 2.11. The number of halogens is 1. The Morgan fingerprint density at radius 2 is 1.81 bits per heavy atom. The first-order valence-corrected chi connectivity index (χ1v) is 6.90. The molecule has 6 heteroatoms. The lowest BCUT2D eigenvalue weighted by atomic mass is 10.1. The molecule has 0 radical (unpaired) electrons. The van der Waals surface area contributed by atoms with Crippen LogP contribution in [-0.4, -0.2) is 31.6 Å². The van der Waals surface area contributed by atoms with Crippen LogP contribution in [0.3, 0.4) is 0 Å². The molecule has 0 aliphatic carbocycles.